The van der Waals surface area contributed by atoms with Crippen LogP contribution < -0.4 is 5.32 Å². The number of hydrogen-bond acceptors (Lipinski definition) is 5. The first-order chi connectivity index (χ1) is 9.56. The molecule has 0 saturated carbocycles. The topological polar surface area (TPSA) is 95.7 Å². The van der Waals surface area contributed by atoms with Crippen LogP contribution in [-0.4, -0.2) is 47.1 Å². The maximum absolute atomic E-state index is 11.3. The van der Waals surface area contributed by atoms with Crippen molar-refractivity contribution in [2.24, 2.45) is 0 Å². The summed E-state index contributed by atoms with van der Waals surface area (Å²) in [5.74, 6) is -1.27. The number of hydrogen-bond donors (Lipinski definition) is 2. The van der Waals surface area contributed by atoms with Crippen LogP contribution in [0, 0.1) is 10.1 Å². The van der Waals surface area contributed by atoms with E-state index in [1.54, 1.807) is 0 Å². The van der Waals surface area contributed by atoms with Gasteiger partial charge in [-0.2, -0.15) is 0 Å². The minimum atomic E-state index is -1.27. The summed E-state index contributed by atoms with van der Waals surface area (Å²) in [5, 5.41) is 23.0. The van der Waals surface area contributed by atoms with Crippen molar-refractivity contribution >= 4 is 28.9 Å². The Morgan fingerprint density at radius 1 is 1.48 bits per heavy atom. The molecule has 0 radical (unpaired) electrons. The number of nitro groups is 1. The smallest absolute Gasteiger partial charge is 0.338 e. The molecule has 0 aromatic heterocycles. The molecule has 21 heavy (non-hydrogen) atoms. The number of aromatic carboxylic acids is 1. The van der Waals surface area contributed by atoms with Crippen molar-refractivity contribution in [1.82, 2.24) is 4.90 Å². The zero-order chi connectivity index (χ0) is 16.4. The van der Waals surface area contributed by atoms with Crippen molar-refractivity contribution in [3.63, 3.8) is 0 Å². The second-order valence-electron chi connectivity index (χ2n) is 5.47. The number of anilines is 1. The van der Waals surface area contributed by atoms with E-state index in [-0.39, 0.29) is 27.5 Å². The Labute approximate surface area is 127 Å². The van der Waals surface area contributed by atoms with Crippen molar-refractivity contribution in [3.8, 4) is 0 Å². The van der Waals surface area contributed by atoms with Crippen LogP contribution in [-0.2, 0) is 0 Å². The lowest BCUT2D eigenvalue weighted by Crippen LogP contribution is -2.44. The number of benzene rings is 1. The normalized spacial score (nSPS) is 11.5. The maximum Gasteiger partial charge on any atom is 0.338 e. The van der Waals surface area contributed by atoms with E-state index in [9.17, 15) is 20.0 Å². The van der Waals surface area contributed by atoms with E-state index in [1.807, 2.05) is 32.8 Å². The SMILES string of the molecule is CN(C)C(C)(C)CNc1c(Cl)cc([N+](=O)[O-])cc1C(=O)O. The van der Waals surface area contributed by atoms with Gasteiger partial charge in [0.25, 0.3) is 5.69 Å². The lowest BCUT2D eigenvalue weighted by atomic mass is 10.0. The van der Waals surface area contributed by atoms with Crippen LogP contribution >= 0.6 is 11.6 Å². The van der Waals surface area contributed by atoms with E-state index in [4.69, 9.17) is 11.6 Å². The van der Waals surface area contributed by atoms with Crippen molar-refractivity contribution in [3.05, 3.63) is 32.8 Å². The summed E-state index contributed by atoms with van der Waals surface area (Å²) < 4.78 is 0. The molecule has 8 heteroatoms. The Kier molecular flexibility index (Phi) is 5.14. The highest BCUT2D eigenvalue weighted by Crippen LogP contribution is 2.32. The fraction of sp³-hybridized carbons (Fsp3) is 0.462. The summed E-state index contributed by atoms with van der Waals surface area (Å²) in [7, 11) is 3.80. The molecule has 0 fully saturated rings. The molecule has 1 aromatic carbocycles. The second kappa shape index (κ2) is 6.28. The Bertz CT molecular complexity index is 573. The van der Waals surface area contributed by atoms with Crippen LogP contribution in [0.4, 0.5) is 11.4 Å². The Morgan fingerprint density at radius 3 is 2.48 bits per heavy atom. The summed E-state index contributed by atoms with van der Waals surface area (Å²) in [6, 6.07) is 2.14. The molecule has 1 aromatic rings. The van der Waals surface area contributed by atoms with E-state index in [0.29, 0.717) is 6.54 Å². The molecule has 116 valence electrons. The molecule has 0 amide bonds. The average molecular weight is 316 g/mol. The minimum absolute atomic E-state index is 0.0103. The van der Waals surface area contributed by atoms with Crippen molar-refractivity contribution in [1.29, 1.82) is 0 Å². The minimum Gasteiger partial charge on any atom is -0.478 e. The second-order valence-corrected chi connectivity index (χ2v) is 5.88. The fourth-order valence-corrected chi connectivity index (χ4v) is 1.79. The molecule has 0 aliphatic rings. The number of likely N-dealkylation sites (N-methyl/N-ethyl adjacent to an activating group) is 1. The number of halogens is 1. The average Bonchev–Trinajstić information content (AvgIpc) is 2.35. The van der Waals surface area contributed by atoms with E-state index >= 15 is 0 Å². The first kappa shape index (κ1) is 17.2. The third kappa shape index (κ3) is 4.05. The molecule has 7 nitrogen and oxygen atoms in total. The maximum atomic E-state index is 11.3. The quantitative estimate of drug-likeness (QED) is 0.619. The van der Waals surface area contributed by atoms with Gasteiger partial charge in [0.05, 0.1) is 21.2 Å². The van der Waals surface area contributed by atoms with Gasteiger partial charge in [0.1, 0.15) is 0 Å². The monoisotopic (exact) mass is 315 g/mol. The summed E-state index contributed by atoms with van der Waals surface area (Å²) in [6.45, 7) is 4.37. The number of rotatable bonds is 6. The van der Waals surface area contributed by atoms with E-state index < -0.39 is 10.9 Å². The van der Waals surface area contributed by atoms with Gasteiger partial charge in [-0.1, -0.05) is 11.6 Å². The number of nitrogens with one attached hydrogen (secondary N) is 1. The van der Waals surface area contributed by atoms with Crippen LogP contribution in [0.1, 0.15) is 24.2 Å². The number of carbonyl (C=O) groups is 1. The molecule has 1 rings (SSSR count). The number of carboxylic acids is 1. The van der Waals surface area contributed by atoms with Crippen LogP contribution in [0.25, 0.3) is 0 Å². The van der Waals surface area contributed by atoms with E-state index in [2.05, 4.69) is 5.32 Å². The molecular formula is C13H18ClN3O4. The number of nitro benzene ring substituents is 1. The Morgan fingerprint density at radius 2 is 2.05 bits per heavy atom. The first-order valence-corrected chi connectivity index (χ1v) is 6.56. The molecule has 0 saturated heterocycles. The standard InChI is InChI=1S/C13H18ClN3O4/c1-13(2,16(3)4)7-15-11-9(12(18)19)5-8(17(20)21)6-10(11)14/h5-6,15H,7H2,1-4H3,(H,18,19). The number of non-ortho nitro benzene ring substituents is 1. The van der Waals surface area contributed by atoms with E-state index in [1.165, 1.54) is 0 Å². The zero-order valence-corrected chi connectivity index (χ0v) is 13.1. The van der Waals surface area contributed by atoms with Gasteiger partial charge in [-0.15, -0.1) is 0 Å². The Hall–Kier alpha value is -1.86. The van der Waals surface area contributed by atoms with Gasteiger partial charge < -0.3 is 15.3 Å². The van der Waals surface area contributed by atoms with Gasteiger partial charge in [-0.05, 0) is 27.9 Å². The zero-order valence-electron chi connectivity index (χ0n) is 12.3. The molecule has 0 heterocycles. The van der Waals surface area contributed by atoms with Crippen molar-refractivity contribution in [2.45, 2.75) is 19.4 Å². The lowest BCUT2D eigenvalue weighted by Gasteiger charge is -2.33. The van der Waals surface area contributed by atoms with Gasteiger partial charge in [0.2, 0.25) is 0 Å². The number of carboxylic acid groups (broad SMARTS) is 1. The molecule has 0 bridgehead atoms. The summed E-state index contributed by atoms with van der Waals surface area (Å²) >= 11 is 5.99. The molecule has 0 spiro atoms. The molecule has 0 aliphatic carbocycles. The third-order valence-electron chi connectivity index (χ3n) is 3.42. The first-order valence-electron chi connectivity index (χ1n) is 6.19. The predicted molar refractivity (Wildman–Crippen MR) is 81.3 cm³/mol. The largest absolute Gasteiger partial charge is 0.478 e. The number of nitrogens with zero attached hydrogens (tertiary/aromatic N) is 2. The van der Waals surface area contributed by atoms with E-state index in [0.717, 1.165) is 12.1 Å². The third-order valence-corrected chi connectivity index (χ3v) is 3.72. The molecule has 0 atom stereocenters. The van der Waals surface area contributed by atoms with Crippen LogP contribution in [0.3, 0.4) is 0 Å². The van der Waals surface area contributed by atoms with Gasteiger partial charge in [0.15, 0.2) is 0 Å². The van der Waals surface area contributed by atoms with Crippen LogP contribution in [0.2, 0.25) is 5.02 Å². The van der Waals surface area contributed by atoms with Crippen LogP contribution in [0.5, 0.6) is 0 Å². The summed E-state index contributed by atoms with van der Waals surface area (Å²) in [6.07, 6.45) is 0. The van der Waals surface area contributed by atoms with Gasteiger partial charge >= 0.3 is 5.97 Å². The molecular weight excluding hydrogens is 298 g/mol. The van der Waals surface area contributed by atoms with Crippen molar-refractivity contribution in [2.75, 3.05) is 26.0 Å². The Balaban J connectivity index is 3.18. The molecule has 2 N–H and O–H groups in total. The van der Waals surface area contributed by atoms with Gasteiger partial charge in [-0.25, -0.2) is 4.79 Å². The van der Waals surface area contributed by atoms with Crippen molar-refractivity contribution < 1.29 is 14.8 Å². The lowest BCUT2D eigenvalue weighted by molar-refractivity contribution is -0.384. The summed E-state index contributed by atoms with van der Waals surface area (Å²) in [4.78, 5) is 23.3. The predicted octanol–water partition coefficient (Wildman–Crippen LogP) is 2.70. The molecule has 0 unspecified atom stereocenters. The highest BCUT2D eigenvalue weighted by molar-refractivity contribution is 6.34. The van der Waals surface area contributed by atoms with Gasteiger partial charge in [-0.3, -0.25) is 10.1 Å². The highest BCUT2D eigenvalue weighted by Gasteiger charge is 2.24. The summed E-state index contributed by atoms with van der Waals surface area (Å²) in [5.41, 5.74) is -0.635. The molecule has 0 aliphatic heterocycles. The fourth-order valence-electron chi connectivity index (χ4n) is 1.51. The van der Waals surface area contributed by atoms with Crippen LogP contribution in [0.15, 0.2) is 12.1 Å². The van der Waals surface area contributed by atoms with Gasteiger partial charge in [0, 0.05) is 24.2 Å². The highest BCUT2D eigenvalue weighted by atomic mass is 35.5.